The standard InChI is InChI=1S/C16H31NO/c1-4-13-8-6-7-9-15(13)17-14-10-11-18-16(3,5-2)12-14/h13-15,17H,4-12H2,1-3H3. The maximum Gasteiger partial charge on any atom is 0.0666 e. The van der Waals surface area contributed by atoms with Crippen LogP contribution in [0.3, 0.4) is 0 Å². The van der Waals surface area contributed by atoms with Gasteiger partial charge in [0.25, 0.3) is 0 Å². The van der Waals surface area contributed by atoms with Gasteiger partial charge in [-0.15, -0.1) is 0 Å². The molecule has 4 unspecified atom stereocenters. The first-order valence-electron chi connectivity index (χ1n) is 8.07. The van der Waals surface area contributed by atoms with E-state index in [2.05, 4.69) is 26.1 Å². The molecule has 1 aliphatic carbocycles. The molecule has 1 aliphatic heterocycles. The van der Waals surface area contributed by atoms with Gasteiger partial charge in [-0.25, -0.2) is 0 Å². The minimum atomic E-state index is 0.117. The summed E-state index contributed by atoms with van der Waals surface area (Å²) in [5, 5.41) is 3.97. The number of nitrogens with one attached hydrogen (secondary N) is 1. The quantitative estimate of drug-likeness (QED) is 0.820. The van der Waals surface area contributed by atoms with Gasteiger partial charge in [0, 0.05) is 18.7 Å². The second kappa shape index (κ2) is 6.38. The predicted molar refractivity (Wildman–Crippen MR) is 76.8 cm³/mol. The SMILES string of the molecule is CCC1CCCCC1NC1CCOC(C)(CC)C1. The highest BCUT2D eigenvalue weighted by Gasteiger charge is 2.34. The second-order valence-electron chi connectivity index (χ2n) is 6.57. The molecule has 2 aliphatic rings. The van der Waals surface area contributed by atoms with Crippen LogP contribution in [-0.4, -0.2) is 24.3 Å². The van der Waals surface area contributed by atoms with Crippen LogP contribution in [0.1, 0.15) is 72.1 Å². The molecule has 2 heteroatoms. The van der Waals surface area contributed by atoms with Gasteiger partial charge in [-0.2, -0.15) is 0 Å². The van der Waals surface area contributed by atoms with Gasteiger partial charge in [0.1, 0.15) is 0 Å². The molecule has 1 saturated carbocycles. The molecular weight excluding hydrogens is 222 g/mol. The first-order valence-corrected chi connectivity index (χ1v) is 8.07. The fraction of sp³-hybridized carbons (Fsp3) is 1.00. The molecule has 1 saturated heterocycles. The smallest absolute Gasteiger partial charge is 0.0666 e. The number of ether oxygens (including phenoxy) is 1. The summed E-state index contributed by atoms with van der Waals surface area (Å²) < 4.78 is 5.95. The number of hydrogen-bond acceptors (Lipinski definition) is 2. The van der Waals surface area contributed by atoms with Crippen molar-refractivity contribution in [3.63, 3.8) is 0 Å². The molecule has 2 rings (SSSR count). The van der Waals surface area contributed by atoms with Crippen molar-refractivity contribution in [3.8, 4) is 0 Å². The summed E-state index contributed by atoms with van der Waals surface area (Å²) in [6, 6.07) is 1.45. The Morgan fingerprint density at radius 1 is 1.17 bits per heavy atom. The van der Waals surface area contributed by atoms with Gasteiger partial charge in [0.05, 0.1) is 5.60 Å². The zero-order chi connectivity index (χ0) is 13.0. The monoisotopic (exact) mass is 253 g/mol. The van der Waals surface area contributed by atoms with Crippen molar-refractivity contribution in [3.05, 3.63) is 0 Å². The Hall–Kier alpha value is -0.0800. The lowest BCUT2D eigenvalue weighted by molar-refractivity contribution is -0.0803. The van der Waals surface area contributed by atoms with Crippen LogP contribution >= 0.6 is 0 Å². The summed E-state index contributed by atoms with van der Waals surface area (Å²) >= 11 is 0. The third-order valence-corrected chi connectivity index (χ3v) is 5.23. The molecule has 0 amide bonds. The molecule has 2 fully saturated rings. The highest BCUT2D eigenvalue weighted by Crippen LogP contribution is 2.31. The van der Waals surface area contributed by atoms with E-state index in [-0.39, 0.29) is 5.60 Å². The fourth-order valence-corrected chi connectivity index (χ4v) is 3.74. The predicted octanol–water partition coefficient (Wildman–Crippen LogP) is 3.89. The lowest BCUT2D eigenvalue weighted by Crippen LogP contribution is -2.50. The Kier molecular flexibility index (Phi) is 5.08. The van der Waals surface area contributed by atoms with Gasteiger partial charge in [0.2, 0.25) is 0 Å². The van der Waals surface area contributed by atoms with Crippen LogP contribution in [0.5, 0.6) is 0 Å². The maximum absolute atomic E-state index is 5.95. The highest BCUT2D eigenvalue weighted by atomic mass is 16.5. The van der Waals surface area contributed by atoms with Crippen molar-refractivity contribution in [1.29, 1.82) is 0 Å². The molecule has 1 N–H and O–H groups in total. The number of hydrogen-bond donors (Lipinski definition) is 1. The van der Waals surface area contributed by atoms with E-state index in [4.69, 9.17) is 4.74 Å². The van der Waals surface area contributed by atoms with Crippen molar-refractivity contribution < 1.29 is 4.74 Å². The van der Waals surface area contributed by atoms with Crippen molar-refractivity contribution in [2.45, 2.75) is 89.8 Å². The van der Waals surface area contributed by atoms with Gasteiger partial charge in [0.15, 0.2) is 0 Å². The third kappa shape index (κ3) is 3.48. The fourth-order valence-electron chi connectivity index (χ4n) is 3.74. The lowest BCUT2D eigenvalue weighted by Gasteiger charge is -2.41. The van der Waals surface area contributed by atoms with Crippen LogP contribution in [0.2, 0.25) is 0 Å². The van der Waals surface area contributed by atoms with E-state index in [0.717, 1.165) is 25.0 Å². The van der Waals surface area contributed by atoms with E-state index in [1.807, 2.05) is 0 Å². The first kappa shape index (κ1) is 14.3. The lowest BCUT2D eigenvalue weighted by atomic mass is 9.81. The zero-order valence-corrected chi connectivity index (χ0v) is 12.5. The van der Waals surface area contributed by atoms with Crippen molar-refractivity contribution in [2.24, 2.45) is 5.92 Å². The van der Waals surface area contributed by atoms with E-state index in [0.29, 0.717) is 6.04 Å². The van der Waals surface area contributed by atoms with Gasteiger partial charge in [-0.1, -0.05) is 33.1 Å². The maximum atomic E-state index is 5.95. The largest absolute Gasteiger partial charge is 0.375 e. The average molecular weight is 253 g/mol. The van der Waals surface area contributed by atoms with Gasteiger partial charge in [-0.05, 0) is 44.9 Å². The van der Waals surface area contributed by atoms with Crippen LogP contribution in [0, 0.1) is 5.92 Å². The average Bonchev–Trinajstić information content (AvgIpc) is 2.39. The summed E-state index contributed by atoms with van der Waals surface area (Å²) in [6.07, 6.45) is 10.5. The second-order valence-corrected chi connectivity index (χ2v) is 6.57. The summed E-state index contributed by atoms with van der Waals surface area (Å²) in [6.45, 7) is 7.81. The Morgan fingerprint density at radius 3 is 2.67 bits per heavy atom. The van der Waals surface area contributed by atoms with E-state index in [1.165, 1.54) is 44.9 Å². The van der Waals surface area contributed by atoms with E-state index >= 15 is 0 Å². The summed E-state index contributed by atoms with van der Waals surface area (Å²) in [7, 11) is 0. The molecule has 0 bridgehead atoms. The Morgan fingerprint density at radius 2 is 1.94 bits per heavy atom. The summed E-state index contributed by atoms with van der Waals surface area (Å²) in [5.41, 5.74) is 0.117. The van der Waals surface area contributed by atoms with Crippen LogP contribution in [0.4, 0.5) is 0 Å². The van der Waals surface area contributed by atoms with Crippen molar-refractivity contribution >= 4 is 0 Å². The molecular formula is C16H31NO. The number of rotatable bonds is 4. The molecule has 0 radical (unpaired) electrons. The summed E-state index contributed by atoms with van der Waals surface area (Å²) in [5.74, 6) is 0.912. The highest BCUT2D eigenvalue weighted by molar-refractivity contribution is 4.89. The normalized spacial score (nSPS) is 41.8. The first-order chi connectivity index (χ1) is 8.67. The van der Waals surface area contributed by atoms with Crippen LogP contribution in [0.25, 0.3) is 0 Å². The summed E-state index contributed by atoms with van der Waals surface area (Å²) in [4.78, 5) is 0. The molecule has 0 spiro atoms. The minimum absolute atomic E-state index is 0.117. The van der Waals surface area contributed by atoms with Crippen LogP contribution < -0.4 is 5.32 Å². The molecule has 0 aromatic heterocycles. The molecule has 0 aromatic carbocycles. The molecule has 18 heavy (non-hydrogen) atoms. The third-order valence-electron chi connectivity index (χ3n) is 5.23. The van der Waals surface area contributed by atoms with Crippen LogP contribution in [0.15, 0.2) is 0 Å². The Balaban J connectivity index is 1.87. The van der Waals surface area contributed by atoms with Gasteiger partial charge in [-0.3, -0.25) is 0 Å². The van der Waals surface area contributed by atoms with Crippen molar-refractivity contribution in [2.75, 3.05) is 6.61 Å². The van der Waals surface area contributed by atoms with Gasteiger partial charge < -0.3 is 10.1 Å². The molecule has 4 atom stereocenters. The molecule has 0 aromatic rings. The topological polar surface area (TPSA) is 21.3 Å². The van der Waals surface area contributed by atoms with Crippen LogP contribution in [-0.2, 0) is 4.74 Å². The van der Waals surface area contributed by atoms with Gasteiger partial charge >= 0.3 is 0 Å². The molecule has 1 heterocycles. The van der Waals surface area contributed by atoms with Crippen molar-refractivity contribution in [1.82, 2.24) is 5.32 Å². The van der Waals surface area contributed by atoms with E-state index in [1.54, 1.807) is 0 Å². The molecule has 2 nitrogen and oxygen atoms in total. The Bertz CT molecular complexity index is 255. The zero-order valence-electron chi connectivity index (χ0n) is 12.5. The Labute approximate surface area is 113 Å². The minimum Gasteiger partial charge on any atom is -0.375 e. The van der Waals surface area contributed by atoms with E-state index < -0.39 is 0 Å². The molecule has 106 valence electrons. The van der Waals surface area contributed by atoms with E-state index in [9.17, 15) is 0 Å².